The first kappa shape index (κ1) is 25.5. The molecular weight excluding hydrogens is 521 g/mol. The Labute approximate surface area is 217 Å². The molecule has 3 aromatic carbocycles. The zero-order valence-corrected chi connectivity index (χ0v) is 21.9. The monoisotopic (exact) mass is 551 g/mol. The number of hydrogen-bond donors (Lipinski definition) is 1. The number of carbonyl (C=O) groups excluding carboxylic acids is 2. The number of methoxy groups -OCH3 is 1. The molecule has 0 spiro atoms. The Morgan fingerprint density at radius 2 is 1.61 bits per heavy atom. The van der Waals surface area contributed by atoms with Crippen molar-refractivity contribution in [1.29, 1.82) is 0 Å². The van der Waals surface area contributed by atoms with Gasteiger partial charge in [0, 0.05) is 0 Å². The van der Waals surface area contributed by atoms with Crippen molar-refractivity contribution in [1.82, 2.24) is 5.32 Å². The Morgan fingerprint density at radius 1 is 0.972 bits per heavy atom. The quantitative estimate of drug-likeness (QED) is 0.208. The SMILES string of the molecule is C=CCOC(=O)[C@H](C[Se]Cc1ccc(OC)cc1)NC(=O)OCC1c2ccccc2-c2ccccc21. The second-order valence-corrected chi connectivity index (χ2v) is 10.5. The number of hydrogen-bond acceptors (Lipinski definition) is 5. The summed E-state index contributed by atoms with van der Waals surface area (Å²) in [5.41, 5.74) is 5.74. The molecule has 36 heavy (non-hydrogen) atoms. The molecule has 7 heteroatoms. The van der Waals surface area contributed by atoms with E-state index in [2.05, 4.69) is 36.2 Å². The molecule has 1 N–H and O–H groups in total. The van der Waals surface area contributed by atoms with Crippen molar-refractivity contribution in [3.8, 4) is 16.9 Å². The van der Waals surface area contributed by atoms with Crippen LogP contribution in [-0.2, 0) is 19.6 Å². The topological polar surface area (TPSA) is 73.9 Å². The third kappa shape index (κ3) is 6.17. The van der Waals surface area contributed by atoms with E-state index in [1.807, 2.05) is 48.5 Å². The van der Waals surface area contributed by atoms with E-state index in [0.29, 0.717) is 5.32 Å². The number of carbonyl (C=O) groups is 2. The number of ether oxygens (including phenoxy) is 3. The molecule has 0 fully saturated rings. The fourth-order valence-corrected chi connectivity index (χ4v) is 6.31. The molecule has 1 amide bonds. The summed E-state index contributed by atoms with van der Waals surface area (Å²) in [6.07, 6.45) is 0.878. The minimum atomic E-state index is -0.779. The molecule has 0 radical (unpaired) electrons. The molecule has 6 nitrogen and oxygen atoms in total. The first-order valence-corrected chi connectivity index (χ1v) is 14.1. The third-order valence-corrected chi connectivity index (χ3v) is 8.30. The van der Waals surface area contributed by atoms with E-state index in [4.69, 9.17) is 14.2 Å². The Kier molecular flexibility index (Phi) is 8.82. The van der Waals surface area contributed by atoms with Gasteiger partial charge >= 0.3 is 218 Å². The van der Waals surface area contributed by atoms with Gasteiger partial charge in [0.15, 0.2) is 0 Å². The van der Waals surface area contributed by atoms with Crippen LogP contribution in [0.4, 0.5) is 4.79 Å². The van der Waals surface area contributed by atoms with Crippen molar-refractivity contribution in [2.75, 3.05) is 20.3 Å². The van der Waals surface area contributed by atoms with Gasteiger partial charge in [-0.25, -0.2) is 0 Å². The average Bonchev–Trinajstić information content (AvgIpc) is 3.24. The van der Waals surface area contributed by atoms with Crippen LogP contribution in [-0.4, -0.2) is 53.4 Å². The molecule has 0 aromatic heterocycles. The second-order valence-electron chi connectivity index (χ2n) is 8.30. The minimum absolute atomic E-state index is 0.0476. The molecule has 1 atom stereocenters. The van der Waals surface area contributed by atoms with Gasteiger partial charge in [0.2, 0.25) is 0 Å². The van der Waals surface area contributed by atoms with Gasteiger partial charge in [-0.05, 0) is 0 Å². The summed E-state index contributed by atoms with van der Waals surface area (Å²) in [4.78, 5) is 25.4. The first-order chi connectivity index (χ1) is 17.6. The normalized spacial score (nSPS) is 12.7. The van der Waals surface area contributed by atoms with Crippen molar-refractivity contribution >= 4 is 27.0 Å². The Bertz CT molecular complexity index is 1160. The number of alkyl carbamates (subject to hydrolysis) is 1. The first-order valence-electron chi connectivity index (χ1n) is 11.7. The fraction of sp³-hybridized carbons (Fsp3) is 0.241. The summed E-state index contributed by atoms with van der Waals surface area (Å²) in [7, 11) is 1.63. The summed E-state index contributed by atoms with van der Waals surface area (Å²) < 4.78 is 16.1. The van der Waals surface area contributed by atoms with Gasteiger partial charge in [0.05, 0.1) is 0 Å². The molecule has 3 aromatic rings. The predicted molar refractivity (Wildman–Crippen MR) is 140 cm³/mol. The molecule has 0 aliphatic heterocycles. The van der Waals surface area contributed by atoms with E-state index >= 15 is 0 Å². The van der Waals surface area contributed by atoms with Gasteiger partial charge in [-0.1, -0.05) is 0 Å². The number of amides is 1. The molecule has 4 rings (SSSR count). The van der Waals surface area contributed by atoms with Gasteiger partial charge in [0.25, 0.3) is 0 Å². The number of nitrogens with one attached hydrogen (secondary N) is 1. The molecule has 0 unspecified atom stereocenters. The Balaban J connectivity index is 1.36. The van der Waals surface area contributed by atoms with E-state index < -0.39 is 18.1 Å². The van der Waals surface area contributed by atoms with Crippen molar-refractivity contribution in [3.63, 3.8) is 0 Å². The van der Waals surface area contributed by atoms with Crippen molar-refractivity contribution < 1.29 is 23.8 Å². The number of esters is 1. The van der Waals surface area contributed by atoms with Crippen LogP contribution < -0.4 is 10.1 Å². The third-order valence-electron chi connectivity index (χ3n) is 5.98. The van der Waals surface area contributed by atoms with E-state index in [0.717, 1.165) is 38.9 Å². The van der Waals surface area contributed by atoms with Crippen LogP contribution in [0.15, 0.2) is 85.5 Å². The number of rotatable bonds is 11. The number of fused-ring (bicyclic) bond motifs is 3. The van der Waals surface area contributed by atoms with Crippen LogP contribution in [0.2, 0.25) is 5.32 Å². The van der Waals surface area contributed by atoms with Crippen molar-refractivity contribution in [3.05, 3.63) is 102 Å². The van der Waals surface area contributed by atoms with Crippen LogP contribution in [0.25, 0.3) is 11.1 Å². The van der Waals surface area contributed by atoms with Gasteiger partial charge in [0.1, 0.15) is 0 Å². The number of benzene rings is 3. The predicted octanol–water partition coefficient (Wildman–Crippen LogP) is 4.95. The van der Waals surface area contributed by atoms with Crippen molar-refractivity contribution in [2.45, 2.75) is 22.6 Å². The van der Waals surface area contributed by atoms with Crippen molar-refractivity contribution in [2.24, 2.45) is 0 Å². The fourth-order valence-electron chi connectivity index (χ4n) is 4.21. The summed E-state index contributed by atoms with van der Waals surface area (Å²) >= 11 is 0.0586. The summed E-state index contributed by atoms with van der Waals surface area (Å²) in [5.74, 6) is 0.266. The molecular formula is C29H29NO5Se. The molecule has 1 aliphatic rings. The Morgan fingerprint density at radius 3 is 2.22 bits per heavy atom. The zero-order valence-electron chi connectivity index (χ0n) is 20.1. The van der Waals surface area contributed by atoms with Crippen LogP contribution in [0.3, 0.4) is 0 Å². The van der Waals surface area contributed by atoms with Crippen LogP contribution >= 0.6 is 0 Å². The van der Waals surface area contributed by atoms with Gasteiger partial charge in [-0.15, -0.1) is 0 Å². The summed E-state index contributed by atoms with van der Waals surface area (Å²) in [5, 5.41) is 4.03. The molecule has 0 heterocycles. The maximum absolute atomic E-state index is 12.7. The van der Waals surface area contributed by atoms with E-state index in [9.17, 15) is 9.59 Å². The van der Waals surface area contributed by atoms with Crippen LogP contribution in [0.1, 0.15) is 22.6 Å². The average molecular weight is 551 g/mol. The van der Waals surface area contributed by atoms with E-state index in [-0.39, 0.29) is 34.1 Å². The summed E-state index contributed by atoms with van der Waals surface area (Å²) in [6, 6.07) is 23.4. The summed E-state index contributed by atoms with van der Waals surface area (Å²) in [6.45, 7) is 3.86. The molecule has 0 saturated carbocycles. The molecule has 0 bridgehead atoms. The van der Waals surface area contributed by atoms with Crippen LogP contribution in [0.5, 0.6) is 5.75 Å². The van der Waals surface area contributed by atoms with E-state index in [1.165, 1.54) is 6.08 Å². The molecule has 1 aliphatic carbocycles. The van der Waals surface area contributed by atoms with Gasteiger partial charge in [-0.3, -0.25) is 0 Å². The van der Waals surface area contributed by atoms with E-state index in [1.54, 1.807) is 7.11 Å². The van der Waals surface area contributed by atoms with Crippen LogP contribution in [0, 0.1) is 0 Å². The maximum atomic E-state index is 12.7. The molecule has 0 saturated heterocycles. The molecule has 186 valence electrons. The zero-order chi connectivity index (χ0) is 25.3. The second kappa shape index (κ2) is 12.4. The standard InChI is InChI=1S/C29H29NO5Se/c1-3-16-34-28(31)27(19-36-18-20-12-14-21(33-2)15-13-20)30-29(32)35-17-26-24-10-6-4-8-22(24)23-9-5-7-11-25(23)26/h3-15,26-27H,1,16-19H2,2H3,(H,30,32)/t27-/m0/s1. The Hall–Kier alpha value is -3.54. The van der Waals surface area contributed by atoms with Gasteiger partial charge in [-0.2, -0.15) is 0 Å². The van der Waals surface area contributed by atoms with Gasteiger partial charge < -0.3 is 0 Å².